The Labute approximate surface area is 175 Å². The number of nitrogens with zero attached hydrogens (tertiary/aromatic N) is 2. The lowest BCUT2D eigenvalue weighted by atomic mass is 9.80. The third kappa shape index (κ3) is 2.88. The third-order valence-electron chi connectivity index (χ3n) is 6.89. The summed E-state index contributed by atoms with van der Waals surface area (Å²) < 4.78 is 2.34. The smallest absolute Gasteiger partial charge is 0.209 e. The molecule has 2 aliphatic heterocycles. The molecule has 0 aliphatic carbocycles. The number of likely N-dealkylation sites (N-methyl/N-ethyl adjacent to an activating group) is 1. The number of fused-ring (bicyclic) bond motifs is 2. The fourth-order valence-corrected chi connectivity index (χ4v) is 5.14. The molecule has 2 aliphatic rings. The summed E-state index contributed by atoms with van der Waals surface area (Å²) in [7, 11) is 4.37. The first kappa shape index (κ1) is 19.7. The summed E-state index contributed by atoms with van der Waals surface area (Å²) in [5.74, 6) is 0. The third-order valence-corrected chi connectivity index (χ3v) is 6.89. The van der Waals surface area contributed by atoms with Gasteiger partial charge >= 0.3 is 0 Å². The summed E-state index contributed by atoms with van der Waals surface area (Å²) in [5, 5.41) is 0. The average molecular weight is 386 g/mol. The Morgan fingerprint density at radius 1 is 0.862 bits per heavy atom. The lowest BCUT2D eigenvalue weighted by molar-refractivity contribution is -0.401. The second-order valence-corrected chi connectivity index (χ2v) is 9.71. The summed E-state index contributed by atoms with van der Waals surface area (Å²) in [6.07, 6.45) is 6.82. The minimum Gasteiger partial charge on any atom is -0.347 e. The molecule has 0 unspecified atom stereocenters. The molecule has 29 heavy (non-hydrogen) atoms. The fourth-order valence-electron chi connectivity index (χ4n) is 5.14. The van der Waals surface area contributed by atoms with Gasteiger partial charge in [0.2, 0.25) is 5.69 Å². The maximum atomic E-state index is 2.35. The molecule has 0 radical (unpaired) electrons. The predicted molar refractivity (Wildman–Crippen MR) is 125 cm³/mol. The molecule has 2 heterocycles. The summed E-state index contributed by atoms with van der Waals surface area (Å²) in [4.78, 5) is 2.35. The molecule has 4 rings (SSSR count). The van der Waals surface area contributed by atoms with Crippen LogP contribution in [0.4, 0.5) is 11.4 Å². The SMILES string of the molecule is Cc1ccc2c(c1)N(C)/C(=C/C=C/C1=[N+](C)c3ccc(C)cc3C1(C)C)C2(C)C. The number of aryl methyl sites for hydroxylation is 2. The zero-order valence-corrected chi connectivity index (χ0v) is 19.1. The van der Waals surface area contributed by atoms with E-state index in [9.17, 15) is 0 Å². The van der Waals surface area contributed by atoms with Crippen LogP contribution in [0.2, 0.25) is 0 Å². The highest BCUT2D eigenvalue weighted by atomic mass is 15.2. The van der Waals surface area contributed by atoms with Crippen LogP contribution in [0.5, 0.6) is 0 Å². The summed E-state index contributed by atoms with van der Waals surface area (Å²) in [5.41, 5.74) is 10.8. The second kappa shape index (κ2) is 6.45. The van der Waals surface area contributed by atoms with Crippen LogP contribution in [0, 0.1) is 13.8 Å². The molecule has 2 aromatic carbocycles. The monoisotopic (exact) mass is 385 g/mol. The van der Waals surface area contributed by atoms with Gasteiger partial charge in [-0.05, 0) is 57.0 Å². The van der Waals surface area contributed by atoms with Gasteiger partial charge in [-0.1, -0.05) is 43.7 Å². The van der Waals surface area contributed by atoms with Crippen molar-refractivity contribution in [2.75, 3.05) is 19.0 Å². The molecule has 2 nitrogen and oxygen atoms in total. The molecule has 150 valence electrons. The number of allylic oxidation sites excluding steroid dienone is 4. The van der Waals surface area contributed by atoms with Gasteiger partial charge in [-0.2, -0.15) is 4.58 Å². The number of hydrogen-bond acceptors (Lipinski definition) is 1. The standard InChI is InChI=1S/C27H33N2/c1-18-13-15-22-21(16-18)27(5,6)25(28(22)7)11-9-10-24-26(3,4)20-14-12-19(2)17-23(20)29(24)8/h9-17H,1-8H3/q+1. The molecule has 2 heteroatoms. The van der Waals surface area contributed by atoms with Gasteiger partial charge in [0.25, 0.3) is 0 Å². The first-order chi connectivity index (χ1) is 13.5. The zero-order chi connectivity index (χ0) is 21.1. The summed E-state index contributed by atoms with van der Waals surface area (Å²) in [6.45, 7) is 13.6. The highest BCUT2D eigenvalue weighted by Crippen LogP contribution is 2.47. The van der Waals surface area contributed by atoms with Crippen LogP contribution in [0.25, 0.3) is 0 Å². The number of anilines is 1. The quantitative estimate of drug-likeness (QED) is 0.560. The molecule has 2 aromatic rings. The Morgan fingerprint density at radius 2 is 1.52 bits per heavy atom. The highest BCUT2D eigenvalue weighted by molar-refractivity contribution is 6.03. The Kier molecular flexibility index (Phi) is 4.38. The van der Waals surface area contributed by atoms with Crippen LogP contribution in [0.15, 0.2) is 60.3 Å². The molecule has 0 aromatic heterocycles. The molecule has 0 saturated heterocycles. The van der Waals surface area contributed by atoms with Gasteiger partial charge in [-0.15, -0.1) is 0 Å². The van der Waals surface area contributed by atoms with Gasteiger partial charge in [-0.25, -0.2) is 0 Å². The van der Waals surface area contributed by atoms with Crippen molar-refractivity contribution in [3.05, 3.63) is 82.6 Å². The maximum absolute atomic E-state index is 2.35. The van der Waals surface area contributed by atoms with Gasteiger partial charge in [0.15, 0.2) is 5.71 Å². The topological polar surface area (TPSA) is 6.25 Å². The van der Waals surface area contributed by atoms with Crippen LogP contribution in [-0.4, -0.2) is 24.4 Å². The largest absolute Gasteiger partial charge is 0.347 e. The van der Waals surface area contributed by atoms with E-state index in [2.05, 4.69) is 120 Å². The lowest BCUT2D eigenvalue weighted by Gasteiger charge is -2.23. The molecular weight excluding hydrogens is 352 g/mol. The van der Waals surface area contributed by atoms with Gasteiger partial charge in [0.1, 0.15) is 7.05 Å². The number of hydrogen-bond donors (Lipinski definition) is 0. The molecular formula is C27H33N2+. The van der Waals surface area contributed by atoms with E-state index in [1.807, 2.05) is 0 Å². The average Bonchev–Trinajstić information content (AvgIpc) is 2.95. The van der Waals surface area contributed by atoms with E-state index in [0.29, 0.717) is 0 Å². The minimum absolute atomic E-state index is 0.00226. The van der Waals surface area contributed by atoms with E-state index in [4.69, 9.17) is 0 Å². The van der Waals surface area contributed by atoms with Crippen LogP contribution >= 0.6 is 0 Å². The Hall–Kier alpha value is -2.61. The molecule has 0 spiro atoms. The first-order valence-corrected chi connectivity index (χ1v) is 10.5. The van der Waals surface area contributed by atoms with Crippen molar-refractivity contribution in [2.24, 2.45) is 0 Å². The molecule has 0 fully saturated rings. The van der Waals surface area contributed by atoms with Crippen LogP contribution < -0.4 is 4.90 Å². The molecule has 0 bridgehead atoms. The van der Waals surface area contributed by atoms with E-state index in [0.717, 1.165) is 0 Å². The number of rotatable bonds is 2. The van der Waals surface area contributed by atoms with E-state index < -0.39 is 0 Å². The van der Waals surface area contributed by atoms with Crippen molar-refractivity contribution in [3.63, 3.8) is 0 Å². The maximum Gasteiger partial charge on any atom is 0.209 e. The van der Waals surface area contributed by atoms with Gasteiger partial charge in [0.05, 0.1) is 5.41 Å². The Morgan fingerprint density at radius 3 is 2.24 bits per heavy atom. The zero-order valence-electron chi connectivity index (χ0n) is 19.1. The summed E-state index contributed by atoms with van der Waals surface area (Å²) >= 11 is 0. The molecule has 0 amide bonds. The number of benzene rings is 2. The van der Waals surface area contributed by atoms with E-state index in [1.54, 1.807) is 0 Å². The molecule has 0 atom stereocenters. The predicted octanol–water partition coefficient (Wildman–Crippen LogP) is 6.18. The van der Waals surface area contributed by atoms with E-state index >= 15 is 0 Å². The van der Waals surface area contributed by atoms with Gasteiger partial charge in [-0.3, -0.25) is 0 Å². The normalized spacial score (nSPS) is 20.7. The summed E-state index contributed by atoms with van der Waals surface area (Å²) in [6, 6.07) is 13.6. The van der Waals surface area contributed by atoms with E-state index in [-0.39, 0.29) is 10.8 Å². The van der Waals surface area contributed by atoms with Gasteiger partial charge in [0, 0.05) is 41.6 Å². The van der Waals surface area contributed by atoms with Crippen molar-refractivity contribution >= 4 is 17.1 Å². The van der Waals surface area contributed by atoms with Crippen molar-refractivity contribution in [3.8, 4) is 0 Å². The Bertz CT molecular complexity index is 1090. The van der Waals surface area contributed by atoms with Crippen molar-refractivity contribution in [1.29, 1.82) is 0 Å². The second-order valence-electron chi connectivity index (χ2n) is 9.71. The fraction of sp³-hybridized carbons (Fsp3) is 0.370. The lowest BCUT2D eigenvalue weighted by Crippen LogP contribution is -2.26. The van der Waals surface area contributed by atoms with E-state index in [1.165, 1.54) is 45.0 Å². The molecule has 0 saturated carbocycles. The Balaban J connectivity index is 1.71. The van der Waals surface area contributed by atoms with Crippen molar-refractivity contribution < 1.29 is 4.58 Å². The first-order valence-electron chi connectivity index (χ1n) is 10.5. The highest BCUT2D eigenvalue weighted by Gasteiger charge is 2.43. The minimum atomic E-state index is 0.00226. The van der Waals surface area contributed by atoms with Crippen molar-refractivity contribution in [2.45, 2.75) is 52.4 Å². The van der Waals surface area contributed by atoms with Crippen molar-refractivity contribution in [1.82, 2.24) is 0 Å². The van der Waals surface area contributed by atoms with Gasteiger partial charge < -0.3 is 4.90 Å². The molecule has 0 N–H and O–H groups in total. The van der Waals surface area contributed by atoms with Crippen LogP contribution in [-0.2, 0) is 10.8 Å². The van der Waals surface area contributed by atoms with Crippen LogP contribution in [0.3, 0.4) is 0 Å². The van der Waals surface area contributed by atoms with Crippen LogP contribution in [0.1, 0.15) is 49.9 Å².